The first-order valence-electron chi connectivity index (χ1n) is 8.60. The summed E-state index contributed by atoms with van der Waals surface area (Å²) < 4.78 is 2.06. The molecular weight excluding hydrogens is 360 g/mol. The van der Waals surface area contributed by atoms with Crippen LogP contribution in [-0.4, -0.2) is 32.2 Å². The van der Waals surface area contributed by atoms with Crippen molar-refractivity contribution in [2.45, 2.75) is 13.0 Å². The van der Waals surface area contributed by atoms with Crippen molar-refractivity contribution >= 4 is 34.0 Å². The SMILES string of the molecule is NCCCn1cnc2cc(NC(=O)c3nnc(-c4ccccc4)s3)ccc21. The van der Waals surface area contributed by atoms with Crippen LogP contribution in [0, 0.1) is 0 Å². The second-order valence-corrected chi connectivity index (χ2v) is 6.99. The van der Waals surface area contributed by atoms with E-state index < -0.39 is 0 Å². The number of amides is 1. The number of benzene rings is 2. The normalized spacial score (nSPS) is 11.0. The van der Waals surface area contributed by atoms with Gasteiger partial charge in [-0.05, 0) is 31.2 Å². The molecule has 2 aromatic heterocycles. The van der Waals surface area contributed by atoms with Crippen LogP contribution < -0.4 is 11.1 Å². The van der Waals surface area contributed by atoms with E-state index in [4.69, 9.17) is 5.73 Å². The summed E-state index contributed by atoms with van der Waals surface area (Å²) in [6, 6.07) is 15.3. The van der Waals surface area contributed by atoms with Crippen LogP contribution in [0.5, 0.6) is 0 Å². The third kappa shape index (κ3) is 3.71. The van der Waals surface area contributed by atoms with E-state index in [0.29, 0.717) is 17.2 Å². The van der Waals surface area contributed by atoms with Gasteiger partial charge in [0.05, 0.1) is 17.4 Å². The highest BCUT2D eigenvalue weighted by molar-refractivity contribution is 7.16. The van der Waals surface area contributed by atoms with Crippen molar-refractivity contribution in [3.8, 4) is 10.6 Å². The number of aryl methyl sites for hydroxylation is 1. The van der Waals surface area contributed by atoms with E-state index in [1.807, 2.05) is 48.5 Å². The van der Waals surface area contributed by atoms with Crippen molar-refractivity contribution in [1.29, 1.82) is 0 Å². The fourth-order valence-electron chi connectivity index (χ4n) is 2.78. The van der Waals surface area contributed by atoms with Crippen molar-refractivity contribution in [3.05, 3.63) is 59.9 Å². The molecule has 0 bridgehead atoms. The van der Waals surface area contributed by atoms with Crippen LogP contribution in [0.25, 0.3) is 21.6 Å². The van der Waals surface area contributed by atoms with Gasteiger partial charge >= 0.3 is 0 Å². The van der Waals surface area contributed by atoms with E-state index >= 15 is 0 Å². The summed E-state index contributed by atoms with van der Waals surface area (Å²) in [5.41, 5.74) is 9.03. The van der Waals surface area contributed by atoms with Gasteiger partial charge in [0.2, 0.25) is 5.01 Å². The van der Waals surface area contributed by atoms with Crippen LogP contribution in [0.1, 0.15) is 16.2 Å². The minimum atomic E-state index is -0.281. The van der Waals surface area contributed by atoms with E-state index in [1.165, 1.54) is 11.3 Å². The number of hydrogen-bond donors (Lipinski definition) is 2. The lowest BCUT2D eigenvalue weighted by atomic mass is 10.2. The highest BCUT2D eigenvalue weighted by Gasteiger charge is 2.14. The minimum absolute atomic E-state index is 0.281. The van der Waals surface area contributed by atoms with Gasteiger partial charge < -0.3 is 15.6 Å². The number of nitrogens with two attached hydrogens (primary N) is 1. The number of nitrogens with one attached hydrogen (secondary N) is 1. The summed E-state index contributed by atoms with van der Waals surface area (Å²) in [6.07, 6.45) is 2.69. The molecule has 4 rings (SSSR count). The molecule has 0 saturated heterocycles. The van der Waals surface area contributed by atoms with Gasteiger partial charge in [0.25, 0.3) is 5.91 Å². The van der Waals surface area contributed by atoms with Crippen LogP contribution in [0.2, 0.25) is 0 Å². The summed E-state index contributed by atoms with van der Waals surface area (Å²) in [7, 11) is 0. The molecule has 136 valence electrons. The highest BCUT2D eigenvalue weighted by Crippen LogP contribution is 2.24. The Bertz CT molecular complexity index is 1070. The Morgan fingerprint density at radius 1 is 1.15 bits per heavy atom. The minimum Gasteiger partial charge on any atom is -0.331 e. The van der Waals surface area contributed by atoms with Gasteiger partial charge in [-0.25, -0.2) is 4.98 Å². The first-order chi connectivity index (χ1) is 13.2. The lowest BCUT2D eigenvalue weighted by Crippen LogP contribution is -2.11. The summed E-state index contributed by atoms with van der Waals surface area (Å²) in [6.45, 7) is 1.46. The Morgan fingerprint density at radius 2 is 2.00 bits per heavy atom. The number of anilines is 1. The fourth-order valence-corrected chi connectivity index (χ4v) is 3.52. The van der Waals surface area contributed by atoms with Crippen molar-refractivity contribution in [2.75, 3.05) is 11.9 Å². The summed E-state index contributed by atoms with van der Waals surface area (Å²) in [4.78, 5) is 16.9. The van der Waals surface area contributed by atoms with Crippen LogP contribution in [-0.2, 0) is 6.54 Å². The molecule has 8 heteroatoms. The van der Waals surface area contributed by atoms with Crippen LogP contribution >= 0.6 is 11.3 Å². The molecule has 0 aliphatic rings. The molecule has 0 spiro atoms. The lowest BCUT2D eigenvalue weighted by Gasteiger charge is -2.05. The number of aromatic nitrogens is 4. The Hall–Kier alpha value is -3.10. The molecule has 0 aliphatic heterocycles. The Labute approximate surface area is 159 Å². The zero-order valence-corrected chi connectivity index (χ0v) is 15.3. The standard InChI is InChI=1S/C19H18N6OS/c20-9-4-10-25-12-21-15-11-14(7-8-16(15)25)22-17(26)19-24-23-18(27-19)13-5-2-1-3-6-13/h1-3,5-8,11-12H,4,9-10,20H2,(H,22,26). The first-order valence-corrected chi connectivity index (χ1v) is 9.41. The molecule has 4 aromatic rings. The quantitative estimate of drug-likeness (QED) is 0.537. The van der Waals surface area contributed by atoms with Crippen molar-refractivity contribution in [3.63, 3.8) is 0 Å². The number of nitrogens with zero attached hydrogens (tertiary/aromatic N) is 4. The second-order valence-electron chi connectivity index (χ2n) is 6.02. The monoisotopic (exact) mass is 378 g/mol. The highest BCUT2D eigenvalue weighted by atomic mass is 32.1. The zero-order valence-electron chi connectivity index (χ0n) is 14.5. The number of fused-ring (bicyclic) bond motifs is 1. The molecule has 1 amide bonds. The number of imidazole rings is 1. The number of rotatable bonds is 6. The summed E-state index contributed by atoms with van der Waals surface area (Å²) >= 11 is 1.26. The topological polar surface area (TPSA) is 98.7 Å². The van der Waals surface area contributed by atoms with Gasteiger partial charge in [0.1, 0.15) is 5.01 Å². The molecule has 2 heterocycles. The van der Waals surface area contributed by atoms with Crippen molar-refractivity contribution in [2.24, 2.45) is 5.73 Å². The molecule has 27 heavy (non-hydrogen) atoms. The van der Waals surface area contributed by atoms with Gasteiger partial charge in [-0.2, -0.15) is 0 Å². The number of carbonyl (C=O) groups is 1. The molecular formula is C19H18N6OS. The average molecular weight is 378 g/mol. The van der Waals surface area contributed by atoms with E-state index in [0.717, 1.165) is 34.6 Å². The number of hydrogen-bond acceptors (Lipinski definition) is 6. The Balaban J connectivity index is 1.50. The van der Waals surface area contributed by atoms with E-state index in [2.05, 4.69) is 25.1 Å². The molecule has 0 saturated carbocycles. The molecule has 0 atom stereocenters. The molecule has 0 unspecified atom stereocenters. The van der Waals surface area contributed by atoms with Gasteiger partial charge in [-0.3, -0.25) is 4.79 Å². The molecule has 3 N–H and O–H groups in total. The van der Waals surface area contributed by atoms with E-state index in [9.17, 15) is 4.79 Å². The first kappa shape index (κ1) is 17.3. The fraction of sp³-hybridized carbons (Fsp3) is 0.158. The maximum atomic E-state index is 12.5. The smallest absolute Gasteiger partial charge is 0.286 e. The van der Waals surface area contributed by atoms with Crippen LogP contribution in [0.15, 0.2) is 54.9 Å². The third-order valence-electron chi connectivity index (χ3n) is 4.12. The second kappa shape index (κ2) is 7.65. The molecule has 7 nitrogen and oxygen atoms in total. The average Bonchev–Trinajstić information content (AvgIpc) is 3.34. The van der Waals surface area contributed by atoms with E-state index in [-0.39, 0.29) is 5.91 Å². The van der Waals surface area contributed by atoms with Crippen molar-refractivity contribution < 1.29 is 4.79 Å². The predicted molar refractivity (Wildman–Crippen MR) is 107 cm³/mol. The molecule has 0 radical (unpaired) electrons. The van der Waals surface area contributed by atoms with Gasteiger partial charge in [0, 0.05) is 17.8 Å². The van der Waals surface area contributed by atoms with Gasteiger partial charge in [0.15, 0.2) is 0 Å². The molecule has 0 fully saturated rings. The van der Waals surface area contributed by atoms with E-state index in [1.54, 1.807) is 6.33 Å². The largest absolute Gasteiger partial charge is 0.331 e. The predicted octanol–water partition coefficient (Wildman–Crippen LogP) is 3.16. The van der Waals surface area contributed by atoms with Gasteiger partial charge in [-0.1, -0.05) is 41.7 Å². The molecule has 2 aromatic carbocycles. The summed E-state index contributed by atoms with van der Waals surface area (Å²) in [5.74, 6) is -0.281. The summed E-state index contributed by atoms with van der Waals surface area (Å²) in [5, 5.41) is 12.0. The van der Waals surface area contributed by atoms with Crippen molar-refractivity contribution in [1.82, 2.24) is 19.7 Å². The zero-order chi connectivity index (χ0) is 18.6. The Kier molecular flexibility index (Phi) is 4.91. The maximum absolute atomic E-state index is 12.5. The maximum Gasteiger partial charge on any atom is 0.286 e. The molecule has 0 aliphatic carbocycles. The van der Waals surface area contributed by atoms with Gasteiger partial charge in [-0.15, -0.1) is 10.2 Å². The van der Waals surface area contributed by atoms with Crippen LogP contribution in [0.3, 0.4) is 0 Å². The van der Waals surface area contributed by atoms with Crippen LogP contribution in [0.4, 0.5) is 5.69 Å². The number of carbonyl (C=O) groups excluding carboxylic acids is 1. The lowest BCUT2D eigenvalue weighted by molar-refractivity contribution is 0.102. The third-order valence-corrected chi connectivity index (χ3v) is 5.09. The Morgan fingerprint density at radius 3 is 2.81 bits per heavy atom.